The first kappa shape index (κ1) is 24.8. The zero-order valence-electron chi connectivity index (χ0n) is 18.3. The number of rotatable bonds is 9. The van der Waals surface area contributed by atoms with E-state index in [-0.39, 0.29) is 6.61 Å². The molecule has 0 spiro atoms. The predicted molar refractivity (Wildman–Crippen MR) is 134 cm³/mol. The number of aliphatic hydroxyl groups excluding tert-OH is 1. The van der Waals surface area contributed by atoms with Crippen LogP contribution in [0.3, 0.4) is 0 Å². The number of carbonyl (C=O) groups is 1. The van der Waals surface area contributed by atoms with Crippen LogP contribution in [0.5, 0.6) is 0 Å². The average molecular weight is 535 g/mol. The van der Waals surface area contributed by atoms with E-state index < -0.39 is 18.0 Å². The molecule has 0 aliphatic heterocycles. The van der Waals surface area contributed by atoms with Crippen molar-refractivity contribution in [3.8, 4) is 10.6 Å². The quantitative estimate of drug-likeness (QED) is 0.222. The summed E-state index contributed by atoms with van der Waals surface area (Å²) in [5.74, 6) is 0.160. The summed E-state index contributed by atoms with van der Waals surface area (Å²) in [6.07, 6.45) is -0.00778. The van der Waals surface area contributed by atoms with E-state index in [1.807, 2.05) is 11.4 Å². The van der Waals surface area contributed by atoms with E-state index in [2.05, 4.69) is 25.6 Å². The van der Waals surface area contributed by atoms with E-state index >= 15 is 0 Å². The molecule has 0 aliphatic carbocycles. The van der Waals surface area contributed by atoms with Crippen LogP contribution in [0.1, 0.15) is 29.3 Å². The number of hydrogen-bond acceptors (Lipinski definition) is 10. The third kappa shape index (κ3) is 6.42. The number of hydrogen-bond donors (Lipinski definition) is 4. The largest absolute Gasteiger partial charge is 0.443 e. The van der Waals surface area contributed by atoms with Crippen molar-refractivity contribution in [1.82, 2.24) is 15.0 Å². The van der Waals surface area contributed by atoms with Gasteiger partial charge in [-0.05, 0) is 36.8 Å². The Morgan fingerprint density at radius 3 is 2.83 bits per heavy atom. The van der Waals surface area contributed by atoms with Crippen molar-refractivity contribution in [3.63, 3.8) is 0 Å². The SMILES string of the molecule is CC(O)c1nc(COC(N)=O)c(-c2csc(Nc3ccc(CNc4ccc(Cl)cc4F)cn3)n2)s1. The van der Waals surface area contributed by atoms with E-state index in [0.29, 0.717) is 49.5 Å². The number of amides is 1. The van der Waals surface area contributed by atoms with E-state index in [4.69, 9.17) is 22.1 Å². The number of carbonyl (C=O) groups excluding carboxylic acids is 1. The highest BCUT2D eigenvalue weighted by molar-refractivity contribution is 7.17. The molecule has 0 saturated heterocycles. The molecule has 5 N–H and O–H groups in total. The summed E-state index contributed by atoms with van der Waals surface area (Å²) in [6.45, 7) is 1.87. The topological polar surface area (TPSA) is 135 Å². The van der Waals surface area contributed by atoms with Gasteiger partial charge in [-0.15, -0.1) is 22.7 Å². The molecule has 35 heavy (non-hydrogen) atoms. The highest BCUT2D eigenvalue weighted by Gasteiger charge is 2.19. The van der Waals surface area contributed by atoms with Gasteiger partial charge in [-0.3, -0.25) is 0 Å². The molecule has 3 aromatic heterocycles. The van der Waals surface area contributed by atoms with Crippen LogP contribution >= 0.6 is 34.3 Å². The van der Waals surface area contributed by atoms with Crippen LogP contribution in [0.2, 0.25) is 5.02 Å². The lowest BCUT2D eigenvalue weighted by Gasteiger charge is -2.08. The van der Waals surface area contributed by atoms with Gasteiger partial charge in [-0.1, -0.05) is 17.7 Å². The summed E-state index contributed by atoms with van der Waals surface area (Å²) in [7, 11) is 0. The van der Waals surface area contributed by atoms with Gasteiger partial charge < -0.3 is 26.2 Å². The maximum atomic E-state index is 13.9. The lowest BCUT2D eigenvalue weighted by atomic mass is 10.2. The molecule has 1 atom stereocenters. The zero-order valence-corrected chi connectivity index (χ0v) is 20.7. The van der Waals surface area contributed by atoms with Crippen LogP contribution in [0, 0.1) is 5.82 Å². The number of thiazole rings is 2. The minimum atomic E-state index is -0.911. The molecule has 1 aromatic carbocycles. The average Bonchev–Trinajstić information content (AvgIpc) is 3.45. The van der Waals surface area contributed by atoms with Gasteiger partial charge in [0.1, 0.15) is 29.4 Å². The van der Waals surface area contributed by atoms with Crippen LogP contribution in [0.15, 0.2) is 41.9 Å². The number of nitrogens with two attached hydrogens (primary N) is 1. The molecule has 1 amide bonds. The van der Waals surface area contributed by atoms with Crippen molar-refractivity contribution in [1.29, 1.82) is 0 Å². The molecule has 182 valence electrons. The maximum absolute atomic E-state index is 13.9. The summed E-state index contributed by atoms with van der Waals surface area (Å²) in [5, 5.41) is 19.3. The second-order valence-electron chi connectivity index (χ2n) is 7.30. The third-order valence-electron chi connectivity index (χ3n) is 4.63. The van der Waals surface area contributed by atoms with Crippen LogP contribution in [0.4, 0.5) is 25.8 Å². The molecular formula is C22H20ClFN6O3S2. The van der Waals surface area contributed by atoms with Crippen molar-refractivity contribution in [2.75, 3.05) is 10.6 Å². The highest BCUT2D eigenvalue weighted by atomic mass is 35.5. The standard InChI is InChI=1S/C22H20ClFN6O3S2/c1-11(31)20-28-16(9-33-21(25)32)19(35-20)17-10-34-22(29-17)30-18-5-2-12(8-27-18)7-26-15-4-3-13(23)6-14(15)24/h2-6,8,10-11,26,31H,7,9H2,1H3,(H2,25,32)(H,27,29,30). The number of primary amides is 1. The van der Waals surface area contributed by atoms with Crippen LogP contribution in [-0.2, 0) is 17.9 Å². The number of ether oxygens (including phenoxy) is 1. The molecule has 0 bridgehead atoms. The maximum Gasteiger partial charge on any atom is 0.404 e. The Morgan fingerprint density at radius 1 is 1.31 bits per heavy atom. The zero-order chi connectivity index (χ0) is 24.9. The molecule has 0 radical (unpaired) electrons. The number of anilines is 3. The van der Waals surface area contributed by atoms with Crippen molar-refractivity contribution in [3.05, 3.63) is 69.0 Å². The number of aromatic nitrogens is 3. The molecule has 0 fully saturated rings. The van der Waals surface area contributed by atoms with Crippen LogP contribution < -0.4 is 16.4 Å². The fourth-order valence-electron chi connectivity index (χ4n) is 2.96. The van der Waals surface area contributed by atoms with Gasteiger partial charge in [-0.2, -0.15) is 0 Å². The van der Waals surface area contributed by atoms with E-state index in [0.717, 1.165) is 5.56 Å². The minimum absolute atomic E-state index is 0.120. The molecular weight excluding hydrogens is 515 g/mol. The van der Waals surface area contributed by atoms with Gasteiger partial charge in [0, 0.05) is 23.1 Å². The number of aliphatic hydroxyl groups is 1. The Bertz CT molecular complexity index is 1330. The molecule has 4 rings (SSSR count). The molecule has 9 nitrogen and oxygen atoms in total. The number of nitrogens with one attached hydrogen (secondary N) is 2. The molecule has 0 aliphatic rings. The van der Waals surface area contributed by atoms with Crippen molar-refractivity contribution < 1.29 is 19.0 Å². The summed E-state index contributed by atoms with van der Waals surface area (Å²) in [6, 6.07) is 8.11. The number of halogens is 2. The third-order valence-corrected chi connectivity index (χ3v) is 6.92. The molecule has 0 saturated carbocycles. The lowest BCUT2D eigenvalue weighted by Crippen LogP contribution is -2.13. The fraction of sp³-hybridized carbons (Fsp3) is 0.182. The smallest absolute Gasteiger partial charge is 0.404 e. The first-order chi connectivity index (χ1) is 16.8. The summed E-state index contributed by atoms with van der Waals surface area (Å²) < 4.78 is 18.8. The van der Waals surface area contributed by atoms with Gasteiger partial charge in [0.25, 0.3) is 0 Å². The van der Waals surface area contributed by atoms with Gasteiger partial charge in [0.15, 0.2) is 5.13 Å². The summed E-state index contributed by atoms with van der Waals surface area (Å²) >= 11 is 8.40. The second kappa shape index (κ2) is 11.0. The van der Waals surface area contributed by atoms with Crippen LogP contribution in [-0.4, -0.2) is 26.2 Å². The molecule has 4 aromatic rings. The van der Waals surface area contributed by atoms with E-state index in [1.54, 1.807) is 31.3 Å². The number of pyridine rings is 1. The fourth-order valence-corrected chi connectivity index (χ4v) is 4.87. The number of nitrogens with zero attached hydrogens (tertiary/aromatic N) is 3. The lowest BCUT2D eigenvalue weighted by molar-refractivity contribution is 0.149. The normalized spacial score (nSPS) is 11.8. The van der Waals surface area contributed by atoms with E-state index in [1.165, 1.54) is 28.7 Å². The van der Waals surface area contributed by atoms with Gasteiger partial charge in [-0.25, -0.2) is 24.1 Å². The summed E-state index contributed by atoms with van der Waals surface area (Å²) in [5.41, 5.74) is 7.37. The van der Waals surface area contributed by atoms with Gasteiger partial charge in [0.05, 0.1) is 22.0 Å². The Labute approximate surface area is 212 Å². The monoisotopic (exact) mass is 534 g/mol. The van der Waals surface area contributed by atoms with Crippen molar-refractivity contribution in [2.24, 2.45) is 5.73 Å². The molecule has 1 unspecified atom stereocenters. The Morgan fingerprint density at radius 2 is 2.14 bits per heavy atom. The molecule has 3 heterocycles. The minimum Gasteiger partial charge on any atom is -0.443 e. The molecule has 13 heteroatoms. The Kier molecular flexibility index (Phi) is 7.76. The van der Waals surface area contributed by atoms with E-state index in [9.17, 15) is 14.3 Å². The Hall–Kier alpha value is -3.32. The van der Waals surface area contributed by atoms with Crippen molar-refractivity contribution >= 4 is 57.0 Å². The first-order valence-electron chi connectivity index (χ1n) is 10.2. The first-order valence-corrected chi connectivity index (χ1v) is 12.3. The Balaban J connectivity index is 1.42. The predicted octanol–water partition coefficient (Wildman–Crippen LogP) is 5.46. The summed E-state index contributed by atoms with van der Waals surface area (Å²) in [4.78, 5) is 25.0. The second-order valence-corrected chi connectivity index (χ2v) is 9.63. The van der Waals surface area contributed by atoms with Gasteiger partial charge in [0.2, 0.25) is 0 Å². The highest BCUT2D eigenvalue weighted by Crippen LogP contribution is 2.35. The number of benzene rings is 1. The van der Waals surface area contributed by atoms with Crippen molar-refractivity contribution in [2.45, 2.75) is 26.2 Å². The van der Waals surface area contributed by atoms with Gasteiger partial charge >= 0.3 is 6.09 Å². The van der Waals surface area contributed by atoms with Crippen LogP contribution in [0.25, 0.3) is 10.6 Å².